The highest BCUT2D eigenvalue weighted by Gasteiger charge is 2.64. The molecule has 2 aliphatic rings. The number of likely N-dealkylation sites (tertiary alicyclic amines) is 1. The standard InChI is InChI=1S/C35H30ClFN6O3/c1-19(44)33-25-13-21(22-16-38-20(2)39-17-22)11-12-28(25)42(41-33)18-31(45)43-29(14-35(3)15-30(35)43)34(46)40-27-10-6-8-24(32(27)37)23-7-4-5-9-26(23)36/h4-13,16-17,29-30H,14-15,18H2,1-3H3,(H,40,46)/t29-,30+,35-/m0/s1. The van der Waals surface area contributed by atoms with Crippen LogP contribution in [0.25, 0.3) is 33.2 Å². The molecule has 232 valence electrons. The van der Waals surface area contributed by atoms with Gasteiger partial charge in [0.05, 0.1) is 11.2 Å². The van der Waals surface area contributed by atoms with Crippen molar-refractivity contribution in [2.24, 2.45) is 5.41 Å². The van der Waals surface area contributed by atoms with Crippen LogP contribution in [0.1, 0.15) is 43.0 Å². The molecule has 0 radical (unpaired) electrons. The van der Waals surface area contributed by atoms with E-state index in [0.29, 0.717) is 33.7 Å². The van der Waals surface area contributed by atoms with Gasteiger partial charge in [-0.1, -0.05) is 54.9 Å². The number of aromatic nitrogens is 4. The second-order valence-electron chi connectivity index (χ2n) is 12.3. The number of halogens is 2. The summed E-state index contributed by atoms with van der Waals surface area (Å²) in [4.78, 5) is 50.4. The Labute approximate surface area is 269 Å². The topological polar surface area (TPSA) is 110 Å². The van der Waals surface area contributed by atoms with Crippen LogP contribution < -0.4 is 5.32 Å². The van der Waals surface area contributed by atoms with E-state index in [1.54, 1.807) is 60.6 Å². The Kier molecular flexibility index (Phi) is 7.20. The molecule has 1 aliphatic carbocycles. The summed E-state index contributed by atoms with van der Waals surface area (Å²) >= 11 is 6.32. The van der Waals surface area contributed by atoms with Gasteiger partial charge in [0.1, 0.15) is 24.1 Å². The van der Waals surface area contributed by atoms with Crippen LogP contribution in [0, 0.1) is 18.2 Å². The van der Waals surface area contributed by atoms with E-state index in [4.69, 9.17) is 11.6 Å². The van der Waals surface area contributed by atoms with Gasteiger partial charge >= 0.3 is 0 Å². The molecule has 1 N–H and O–H groups in total. The van der Waals surface area contributed by atoms with Gasteiger partial charge in [0, 0.05) is 52.5 Å². The number of aryl methyl sites for hydroxylation is 1. The van der Waals surface area contributed by atoms with Gasteiger partial charge in [0.2, 0.25) is 11.8 Å². The van der Waals surface area contributed by atoms with Crippen molar-refractivity contribution in [1.82, 2.24) is 24.6 Å². The lowest BCUT2D eigenvalue weighted by molar-refractivity contribution is -0.138. The lowest BCUT2D eigenvalue weighted by Crippen LogP contribution is -2.46. The predicted molar refractivity (Wildman–Crippen MR) is 173 cm³/mol. The van der Waals surface area contributed by atoms with Crippen molar-refractivity contribution in [3.8, 4) is 22.3 Å². The van der Waals surface area contributed by atoms with Crippen LogP contribution in [-0.4, -0.2) is 54.3 Å². The smallest absolute Gasteiger partial charge is 0.247 e. The van der Waals surface area contributed by atoms with Crippen LogP contribution in [0.5, 0.6) is 0 Å². The highest BCUT2D eigenvalue weighted by atomic mass is 35.5. The van der Waals surface area contributed by atoms with E-state index in [0.717, 1.165) is 17.5 Å². The van der Waals surface area contributed by atoms with E-state index >= 15 is 4.39 Å². The summed E-state index contributed by atoms with van der Waals surface area (Å²) in [5, 5.41) is 8.27. The number of benzene rings is 3. The Balaban J connectivity index is 1.16. The average molecular weight is 637 g/mol. The fourth-order valence-corrected chi connectivity index (χ4v) is 6.82. The number of carbonyl (C=O) groups is 3. The number of hydrogen-bond acceptors (Lipinski definition) is 6. The van der Waals surface area contributed by atoms with E-state index < -0.39 is 17.8 Å². The second-order valence-corrected chi connectivity index (χ2v) is 12.8. The minimum absolute atomic E-state index is 0.0134. The summed E-state index contributed by atoms with van der Waals surface area (Å²) in [6.45, 7) is 5.13. The van der Waals surface area contributed by atoms with Crippen molar-refractivity contribution >= 4 is 45.8 Å². The molecule has 0 bridgehead atoms. The molecule has 2 amide bonds. The van der Waals surface area contributed by atoms with Gasteiger partial charge in [0.25, 0.3) is 0 Å². The van der Waals surface area contributed by atoms with Crippen molar-refractivity contribution in [2.45, 2.75) is 52.2 Å². The molecule has 0 spiro atoms. The monoisotopic (exact) mass is 636 g/mol. The predicted octanol–water partition coefficient (Wildman–Crippen LogP) is 6.48. The molecule has 2 fully saturated rings. The summed E-state index contributed by atoms with van der Waals surface area (Å²) in [5.41, 5.74) is 3.07. The van der Waals surface area contributed by atoms with Crippen LogP contribution in [0.4, 0.5) is 10.1 Å². The van der Waals surface area contributed by atoms with Gasteiger partial charge in [-0.2, -0.15) is 5.10 Å². The van der Waals surface area contributed by atoms with Crippen LogP contribution in [0.15, 0.2) is 73.1 Å². The fraction of sp³-hybridized carbons (Fsp3) is 0.257. The zero-order chi connectivity index (χ0) is 32.3. The molecule has 3 atom stereocenters. The third-order valence-corrected chi connectivity index (χ3v) is 9.46. The molecule has 11 heteroatoms. The Morgan fingerprint density at radius 3 is 2.48 bits per heavy atom. The molecular weight excluding hydrogens is 607 g/mol. The van der Waals surface area contributed by atoms with Gasteiger partial charge < -0.3 is 10.2 Å². The highest BCUT2D eigenvalue weighted by Crippen LogP contribution is 2.59. The molecule has 2 aromatic heterocycles. The van der Waals surface area contributed by atoms with Crippen molar-refractivity contribution < 1.29 is 18.8 Å². The first-order valence-corrected chi connectivity index (χ1v) is 15.4. The number of Topliss-reactive ketones (excluding diaryl/α,β-unsaturated/α-hetero) is 1. The van der Waals surface area contributed by atoms with Crippen LogP contribution in [0.3, 0.4) is 0 Å². The quantitative estimate of drug-likeness (QED) is 0.205. The van der Waals surface area contributed by atoms with Gasteiger partial charge in [0.15, 0.2) is 11.6 Å². The number of carbonyl (C=O) groups excluding carboxylic acids is 3. The second kappa shape index (κ2) is 11.1. The molecule has 1 saturated carbocycles. The molecule has 3 aromatic carbocycles. The lowest BCUT2D eigenvalue weighted by atomic mass is 10.0. The zero-order valence-corrected chi connectivity index (χ0v) is 26.2. The number of piperidine rings is 1. The maximum atomic E-state index is 15.7. The average Bonchev–Trinajstić information content (AvgIpc) is 3.39. The lowest BCUT2D eigenvalue weighted by Gasteiger charge is -2.27. The van der Waals surface area contributed by atoms with E-state index in [2.05, 4.69) is 27.3 Å². The summed E-state index contributed by atoms with van der Waals surface area (Å²) in [6, 6.07) is 16.3. The maximum absolute atomic E-state index is 15.7. The first kappa shape index (κ1) is 29.7. The molecule has 0 unspecified atom stereocenters. The number of amides is 2. The van der Waals surface area contributed by atoms with Gasteiger partial charge in [-0.25, -0.2) is 14.4 Å². The van der Waals surface area contributed by atoms with Gasteiger partial charge in [-0.05, 0) is 55.0 Å². The molecule has 7 rings (SSSR count). The van der Waals surface area contributed by atoms with Gasteiger partial charge in [-0.15, -0.1) is 0 Å². The van der Waals surface area contributed by atoms with Crippen molar-refractivity contribution in [2.75, 3.05) is 5.32 Å². The molecule has 3 heterocycles. The summed E-state index contributed by atoms with van der Waals surface area (Å²) in [5.74, 6) is -0.948. The van der Waals surface area contributed by atoms with Gasteiger partial charge in [-0.3, -0.25) is 19.1 Å². The van der Waals surface area contributed by atoms with E-state index in [-0.39, 0.29) is 46.6 Å². The van der Waals surface area contributed by atoms with Crippen molar-refractivity contribution in [1.29, 1.82) is 0 Å². The molecular formula is C35H30ClFN6O3. The Morgan fingerprint density at radius 2 is 1.74 bits per heavy atom. The van der Waals surface area contributed by atoms with Crippen LogP contribution >= 0.6 is 11.6 Å². The minimum Gasteiger partial charge on any atom is -0.325 e. The van der Waals surface area contributed by atoms with E-state index in [1.807, 2.05) is 18.2 Å². The Morgan fingerprint density at radius 1 is 1.00 bits per heavy atom. The zero-order valence-electron chi connectivity index (χ0n) is 25.4. The first-order chi connectivity index (χ1) is 22.0. The van der Waals surface area contributed by atoms with Crippen LogP contribution in [0.2, 0.25) is 5.02 Å². The van der Waals surface area contributed by atoms with E-state index in [9.17, 15) is 14.4 Å². The van der Waals surface area contributed by atoms with Crippen molar-refractivity contribution in [3.63, 3.8) is 0 Å². The molecule has 5 aromatic rings. The van der Waals surface area contributed by atoms with Crippen LogP contribution in [-0.2, 0) is 16.1 Å². The maximum Gasteiger partial charge on any atom is 0.247 e. The Hall–Kier alpha value is -4.96. The Bertz CT molecular complexity index is 2060. The van der Waals surface area contributed by atoms with E-state index in [1.165, 1.54) is 17.7 Å². The number of nitrogens with one attached hydrogen (secondary N) is 1. The first-order valence-electron chi connectivity index (χ1n) is 15.0. The SMILES string of the molecule is CC(=O)c1nn(CC(=O)N2[C@H](C(=O)Nc3cccc(-c4ccccc4Cl)c3F)C[C@@]3(C)C[C@@H]23)c2ccc(-c3cnc(C)nc3)cc12. The number of ketones is 1. The number of anilines is 1. The molecule has 46 heavy (non-hydrogen) atoms. The number of rotatable bonds is 7. The summed E-state index contributed by atoms with van der Waals surface area (Å²) in [6.07, 6.45) is 4.67. The number of hydrogen-bond donors (Lipinski definition) is 1. The largest absolute Gasteiger partial charge is 0.325 e. The summed E-state index contributed by atoms with van der Waals surface area (Å²) < 4.78 is 17.2. The normalized spacial score (nSPS) is 20.1. The third-order valence-electron chi connectivity index (χ3n) is 9.13. The minimum atomic E-state index is -0.790. The van der Waals surface area contributed by atoms with Crippen molar-refractivity contribution in [3.05, 3.63) is 95.4 Å². The fourth-order valence-electron chi connectivity index (χ4n) is 6.58. The summed E-state index contributed by atoms with van der Waals surface area (Å²) in [7, 11) is 0. The highest BCUT2D eigenvalue weighted by molar-refractivity contribution is 6.33. The molecule has 1 saturated heterocycles. The third kappa shape index (κ3) is 5.12. The molecule has 1 aliphatic heterocycles. The molecule has 9 nitrogen and oxygen atoms in total. The number of fused-ring (bicyclic) bond motifs is 2. The number of nitrogens with zero attached hydrogens (tertiary/aromatic N) is 5.